The van der Waals surface area contributed by atoms with Crippen LogP contribution < -0.4 is 0 Å². The largest absolute Gasteiger partial charge is 0.454 e. The van der Waals surface area contributed by atoms with Gasteiger partial charge in [-0.15, -0.1) is 0 Å². The summed E-state index contributed by atoms with van der Waals surface area (Å²) in [7, 11) is 0. The van der Waals surface area contributed by atoms with Crippen LogP contribution in [0.25, 0.3) is 0 Å². The lowest BCUT2D eigenvalue weighted by molar-refractivity contribution is -0.283. The number of aliphatic hydroxyl groups excluding tert-OH is 5. The first-order valence-corrected chi connectivity index (χ1v) is 21.0. The zero-order valence-electron chi connectivity index (χ0n) is 35.6. The topological polar surface area (TPSA) is 172 Å². The lowest BCUT2D eigenvalue weighted by atomic mass is 9.33. The second-order valence-electron chi connectivity index (χ2n) is 20.4. The number of hydrogen-bond acceptors (Lipinski definition) is 11. The monoisotopic (exact) mass is 786 g/mol. The summed E-state index contributed by atoms with van der Waals surface area (Å²) in [5.74, 6) is -0.943. The van der Waals surface area contributed by atoms with E-state index in [-0.39, 0.29) is 29.0 Å². The molecule has 1 saturated heterocycles. The Labute approximate surface area is 333 Å². The molecule has 15 unspecified atom stereocenters. The summed E-state index contributed by atoms with van der Waals surface area (Å²) in [6.07, 6.45) is 1.94. The molecule has 1 aliphatic heterocycles. The summed E-state index contributed by atoms with van der Waals surface area (Å²) in [4.78, 5) is 27.6. The Morgan fingerprint density at radius 2 is 1.43 bits per heavy atom. The standard InChI is InChI=1S/C45H70O11/c1-12-24(3)37(51)55-35-36(56-38(52)25(4)13-2)45(23-53-39-34(50)33(49)28(22-46)54-39)27(20-40(35,5)6)26-14-15-30-42(9)18-17-31(47)41(7,8)29(42)16-19-43(30,10)44(26,11)21-32(45)48/h12-14,27-36,39,46-50H,15-23H2,1-11H3. The SMILES string of the molecule is CC=C(C)C(=O)OC1C(OC(=O)C(C)=CC)C2(COC3OC(CO)C(O)C3O)C(O)CC3(C)C(=CCC4C5(C)CCC(O)C(C)(C)C5CCC43C)C2CC1(C)C. The molecule has 5 N–H and O–H groups in total. The van der Waals surface area contributed by atoms with Crippen LogP contribution in [0.15, 0.2) is 34.9 Å². The summed E-state index contributed by atoms with van der Waals surface area (Å²) in [5.41, 5.74) is -1.16. The molecule has 0 bridgehead atoms. The highest BCUT2D eigenvalue weighted by molar-refractivity contribution is 5.88. The number of ether oxygens (including phenoxy) is 4. The van der Waals surface area contributed by atoms with E-state index < -0.39 is 83.6 Å². The molecule has 11 heteroatoms. The van der Waals surface area contributed by atoms with E-state index in [2.05, 4.69) is 40.7 Å². The van der Waals surface area contributed by atoms with E-state index in [0.717, 1.165) is 32.1 Å². The molecular weight excluding hydrogens is 716 g/mol. The van der Waals surface area contributed by atoms with Gasteiger partial charge in [0.1, 0.15) is 24.4 Å². The molecule has 5 aliphatic carbocycles. The lowest BCUT2D eigenvalue weighted by Crippen LogP contribution is -2.72. The zero-order chi connectivity index (χ0) is 41.6. The maximum atomic E-state index is 13.9. The van der Waals surface area contributed by atoms with Crippen molar-refractivity contribution < 1.29 is 54.1 Å². The fourth-order valence-electron chi connectivity index (χ4n) is 13.1. The number of carbonyl (C=O) groups is 2. The predicted octanol–water partition coefficient (Wildman–Crippen LogP) is 5.55. The fraction of sp³-hybridized carbons (Fsp3) is 0.822. The van der Waals surface area contributed by atoms with Crippen molar-refractivity contribution in [3.8, 4) is 0 Å². The van der Waals surface area contributed by atoms with Crippen molar-refractivity contribution in [3.05, 3.63) is 34.9 Å². The van der Waals surface area contributed by atoms with Crippen LogP contribution in [0.1, 0.15) is 121 Å². The molecule has 316 valence electrons. The van der Waals surface area contributed by atoms with Gasteiger partial charge in [0, 0.05) is 16.6 Å². The highest BCUT2D eigenvalue weighted by Crippen LogP contribution is 2.76. The second kappa shape index (κ2) is 14.9. The Morgan fingerprint density at radius 3 is 2.00 bits per heavy atom. The van der Waals surface area contributed by atoms with Crippen molar-refractivity contribution in [1.82, 2.24) is 0 Å². The van der Waals surface area contributed by atoms with E-state index in [1.54, 1.807) is 39.8 Å². The average molecular weight is 787 g/mol. The minimum Gasteiger partial charge on any atom is -0.454 e. The fourth-order valence-corrected chi connectivity index (χ4v) is 13.1. The van der Waals surface area contributed by atoms with Crippen molar-refractivity contribution in [2.75, 3.05) is 13.2 Å². The molecule has 4 saturated carbocycles. The Balaban J connectivity index is 1.52. The molecule has 0 amide bonds. The predicted molar refractivity (Wildman–Crippen MR) is 210 cm³/mol. The van der Waals surface area contributed by atoms with Crippen LogP contribution in [0.3, 0.4) is 0 Å². The third-order valence-corrected chi connectivity index (χ3v) is 17.0. The van der Waals surface area contributed by atoms with Crippen molar-refractivity contribution in [2.45, 2.75) is 170 Å². The van der Waals surface area contributed by atoms with E-state index in [1.165, 1.54) is 5.57 Å². The Bertz CT molecular complexity index is 1630. The molecule has 1 heterocycles. The number of carbonyl (C=O) groups excluding carboxylic acids is 2. The highest BCUT2D eigenvalue weighted by atomic mass is 16.7. The number of fused-ring (bicyclic) bond motifs is 7. The molecule has 15 atom stereocenters. The number of hydrogen-bond donors (Lipinski definition) is 5. The van der Waals surface area contributed by atoms with Gasteiger partial charge in [-0.25, -0.2) is 9.59 Å². The lowest BCUT2D eigenvalue weighted by Gasteiger charge is -2.72. The molecule has 6 aliphatic rings. The maximum Gasteiger partial charge on any atom is 0.333 e. The van der Waals surface area contributed by atoms with Gasteiger partial charge in [-0.1, -0.05) is 72.3 Å². The quantitative estimate of drug-likeness (QED) is 0.119. The Hall–Kier alpha value is -2.12. The van der Waals surface area contributed by atoms with Gasteiger partial charge < -0.3 is 44.5 Å². The third kappa shape index (κ3) is 6.31. The van der Waals surface area contributed by atoms with Crippen LogP contribution >= 0.6 is 0 Å². The molecule has 6 rings (SSSR count). The van der Waals surface area contributed by atoms with Gasteiger partial charge in [-0.3, -0.25) is 0 Å². The van der Waals surface area contributed by atoms with Crippen LogP contribution in [-0.4, -0.2) is 99.7 Å². The van der Waals surface area contributed by atoms with Crippen molar-refractivity contribution >= 4 is 11.9 Å². The van der Waals surface area contributed by atoms with Gasteiger partial charge in [-0.2, -0.15) is 0 Å². The van der Waals surface area contributed by atoms with Gasteiger partial charge in [0.25, 0.3) is 0 Å². The molecule has 0 aromatic rings. The molecule has 0 aromatic carbocycles. The summed E-state index contributed by atoms with van der Waals surface area (Å²) in [5, 5.41) is 55.8. The van der Waals surface area contributed by atoms with Gasteiger partial charge in [0.2, 0.25) is 0 Å². The first-order valence-electron chi connectivity index (χ1n) is 21.0. The molecule has 0 radical (unpaired) electrons. The first-order chi connectivity index (χ1) is 26.0. The van der Waals surface area contributed by atoms with Crippen molar-refractivity contribution in [2.24, 2.45) is 50.2 Å². The molecule has 11 nitrogen and oxygen atoms in total. The Morgan fingerprint density at radius 1 is 0.821 bits per heavy atom. The van der Waals surface area contributed by atoms with Gasteiger partial charge in [0.05, 0.1) is 30.8 Å². The summed E-state index contributed by atoms with van der Waals surface area (Å²) in [6.45, 7) is 21.7. The van der Waals surface area contributed by atoms with Gasteiger partial charge >= 0.3 is 11.9 Å². The second-order valence-corrected chi connectivity index (χ2v) is 20.4. The maximum absolute atomic E-state index is 13.9. The minimum atomic E-state index is -1.48. The van der Waals surface area contributed by atoms with Gasteiger partial charge in [0.15, 0.2) is 12.4 Å². The first kappa shape index (κ1) is 43.5. The summed E-state index contributed by atoms with van der Waals surface area (Å²) in [6, 6.07) is 0. The highest BCUT2D eigenvalue weighted by Gasteiger charge is 2.74. The van der Waals surface area contributed by atoms with Crippen LogP contribution in [0.5, 0.6) is 0 Å². The Kier molecular flexibility index (Phi) is 11.5. The number of rotatable bonds is 8. The normalized spacial score (nSPS) is 47.1. The molecule has 0 aromatic heterocycles. The summed E-state index contributed by atoms with van der Waals surface area (Å²) >= 11 is 0. The molecule has 56 heavy (non-hydrogen) atoms. The van der Waals surface area contributed by atoms with Gasteiger partial charge in [-0.05, 0) is 112 Å². The van der Waals surface area contributed by atoms with Crippen LogP contribution in [0, 0.1) is 50.2 Å². The van der Waals surface area contributed by atoms with Crippen LogP contribution in [-0.2, 0) is 28.5 Å². The smallest absolute Gasteiger partial charge is 0.333 e. The molecular formula is C45H70O11. The van der Waals surface area contributed by atoms with Crippen LogP contribution in [0.4, 0.5) is 0 Å². The van der Waals surface area contributed by atoms with E-state index in [9.17, 15) is 35.1 Å². The number of aliphatic hydroxyl groups is 5. The number of allylic oxidation sites excluding steroid dienone is 4. The zero-order valence-corrected chi connectivity index (χ0v) is 35.6. The van der Waals surface area contributed by atoms with E-state index in [1.807, 2.05) is 13.8 Å². The molecule has 5 fully saturated rings. The van der Waals surface area contributed by atoms with Crippen LogP contribution in [0.2, 0.25) is 0 Å². The van der Waals surface area contributed by atoms with E-state index >= 15 is 0 Å². The number of esters is 2. The van der Waals surface area contributed by atoms with E-state index in [0.29, 0.717) is 35.8 Å². The van der Waals surface area contributed by atoms with Crippen molar-refractivity contribution in [3.63, 3.8) is 0 Å². The van der Waals surface area contributed by atoms with Crippen molar-refractivity contribution in [1.29, 1.82) is 0 Å². The van der Waals surface area contributed by atoms with E-state index in [4.69, 9.17) is 18.9 Å². The summed E-state index contributed by atoms with van der Waals surface area (Å²) < 4.78 is 25.1. The molecule has 0 spiro atoms. The average Bonchev–Trinajstić information content (AvgIpc) is 3.41. The minimum absolute atomic E-state index is 0.0265. The third-order valence-electron chi connectivity index (χ3n) is 17.0.